The molecule has 12 N–H and O–H groups in total. The maximum atomic E-state index is 13.4. The van der Waals surface area contributed by atoms with E-state index in [0.29, 0.717) is 6.42 Å². The number of ether oxygens (including phenoxy) is 6. The number of carbonyl (C=O) groups excluding carboxylic acids is 1. The second kappa shape index (κ2) is 53.1. The highest BCUT2D eigenvalue weighted by atomic mass is 16.8. The zero-order chi connectivity index (χ0) is 66.8. The van der Waals surface area contributed by atoms with E-state index in [2.05, 4.69) is 141 Å². The van der Waals surface area contributed by atoms with Crippen LogP contribution in [-0.4, -0.2) is 193 Å². The molecule has 0 aromatic carbocycles. The first-order valence-corrected chi connectivity index (χ1v) is 34.4. The number of nitrogens with one attached hydrogen (secondary N) is 1. The Kier molecular flexibility index (Phi) is 47.4. The van der Waals surface area contributed by atoms with Crippen molar-refractivity contribution in [1.29, 1.82) is 0 Å². The predicted octanol–water partition coefficient (Wildman–Crippen LogP) is 8.99. The third kappa shape index (κ3) is 34.6. The summed E-state index contributed by atoms with van der Waals surface area (Å²) in [6, 6.07) is -1.01. The monoisotopic (exact) mass is 1300 g/mol. The van der Waals surface area contributed by atoms with Crippen molar-refractivity contribution < 1.29 is 89.4 Å². The van der Waals surface area contributed by atoms with Crippen molar-refractivity contribution in [3.8, 4) is 0 Å². The van der Waals surface area contributed by atoms with Gasteiger partial charge in [-0.15, -0.1) is 0 Å². The molecule has 19 nitrogen and oxygen atoms in total. The number of unbranched alkanes of at least 4 members (excludes halogenated alkanes) is 14. The standard InChI is InChI=1S/C73H119NO18/c1-3-5-7-9-11-13-15-17-19-20-21-22-23-24-25-26-27-28-29-30-31-32-33-34-35-36-37-39-41-43-45-47-49-51-61(79)74-56(57(78)50-48-46-44-42-40-38-18-16-14-12-10-8-6-4-2)55-87-71-67(85)64(82)69(59(53-76)89-71)92-73-68(86)65(83)70(60(54-77)90-73)91-72-66(84)63(81)62(80)58(52-75)88-72/h5,7,11,13,17,19,21-22,24-25,27-28,30-31,33-34,36-37,41,43,48,50,56-60,62-73,75-78,80-86H,3-4,6,8-10,12,14-16,18,20,23,26,29,32,35,38-40,42,44-47,49,51-55H2,1-2H3,(H,74,79)/b7-5-,13-11-,19-17-,22-21-,25-24-,28-27-,31-30-,34-33-,37-36-,43-41-,50-48+. The number of carbonyl (C=O) groups is 1. The summed E-state index contributed by atoms with van der Waals surface area (Å²) in [6.45, 7) is 1.55. The Morgan fingerprint density at radius 2 is 0.750 bits per heavy atom. The van der Waals surface area contributed by atoms with Gasteiger partial charge in [0.15, 0.2) is 18.9 Å². The molecule has 0 aromatic heterocycles. The van der Waals surface area contributed by atoms with E-state index in [0.717, 1.165) is 103 Å². The average Bonchev–Trinajstić information content (AvgIpc) is 0.840. The average molecular weight is 1300 g/mol. The Hall–Kier alpha value is -4.07. The summed E-state index contributed by atoms with van der Waals surface area (Å²) in [5.41, 5.74) is 0. The molecule has 524 valence electrons. The molecular weight excluding hydrogens is 1180 g/mol. The fourth-order valence-electron chi connectivity index (χ4n) is 10.6. The first-order valence-electron chi connectivity index (χ1n) is 34.4. The lowest BCUT2D eigenvalue weighted by atomic mass is 9.96. The Morgan fingerprint density at radius 1 is 0.402 bits per heavy atom. The van der Waals surface area contributed by atoms with Crippen LogP contribution in [0.4, 0.5) is 0 Å². The maximum Gasteiger partial charge on any atom is 0.220 e. The number of aliphatic hydroxyl groups is 11. The van der Waals surface area contributed by atoms with E-state index < -0.39 is 124 Å². The summed E-state index contributed by atoms with van der Waals surface area (Å²) in [7, 11) is 0. The van der Waals surface area contributed by atoms with E-state index in [1.165, 1.54) is 57.8 Å². The van der Waals surface area contributed by atoms with E-state index in [4.69, 9.17) is 28.4 Å². The molecule has 92 heavy (non-hydrogen) atoms. The molecule has 0 bridgehead atoms. The predicted molar refractivity (Wildman–Crippen MR) is 359 cm³/mol. The van der Waals surface area contributed by atoms with Crippen molar-refractivity contribution in [3.63, 3.8) is 0 Å². The van der Waals surface area contributed by atoms with Crippen molar-refractivity contribution in [1.82, 2.24) is 5.32 Å². The van der Waals surface area contributed by atoms with Gasteiger partial charge in [0.05, 0.1) is 38.6 Å². The largest absolute Gasteiger partial charge is 0.394 e. The molecule has 0 aromatic rings. The quantitative estimate of drug-likeness (QED) is 0.0200. The highest BCUT2D eigenvalue weighted by Gasteiger charge is 2.53. The van der Waals surface area contributed by atoms with Crippen molar-refractivity contribution in [2.45, 2.75) is 291 Å². The van der Waals surface area contributed by atoms with Crippen LogP contribution < -0.4 is 5.32 Å². The van der Waals surface area contributed by atoms with Gasteiger partial charge in [-0.2, -0.15) is 0 Å². The molecule has 19 heteroatoms. The smallest absolute Gasteiger partial charge is 0.220 e. The van der Waals surface area contributed by atoms with Crippen LogP contribution in [0.5, 0.6) is 0 Å². The highest BCUT2D eigenvalue weighted by molar-refractivity contribution is 5.76. The van der Waals surface area contributed by atoms with Gasteiger partial charge in [-0.25, -0.2) is 0 Å². The van der Waals surface area contributed by atoms with E-state index >= 15 is 0 Å². The number of hydrogen-bond acceptors (Lipinski definition) is 18. The van der Waals surface area contributed by atoms with Gasteiger partial charge in [0.25, 0.3) is 0 Å². The normalized spacial score (nSPS) is 28.6. The zero-order valence-electron chi connectivity index (χ0n) is 55.2. The topological polar surface area (TPSA) is 307 Å². The lowest BCUT2D eigenvalue weighted by molar-refractivity contribution is -0.379. The third-order valence-electron chi connectivity index (χ3n) is 16.2. The minimum Gasteiger partial charge on any atom is -0.394 e. The number of rotatable bonds is 50. The Bertz CT molecular complexity index is 2190. The van der Waals surface area contributed by atoms with Gasteiger partial charge < -0.3 is 89.9 Å². The Labute approximate surface area is 550 Å². The number of allylic oxidation sites excluding steroid dienone is 21. The van der Waals surface area contributed by atoms with Crippen molar-refractivity contribution in [2.75, 3.05) is 26.4 Å². The van der Waals surface area contributed by atoms with Crippen LogP contribution in [0.15, 0.2) is 134 Å². The summed E-state index contributed by atoms with van der Waals surface area (Å²) in [6.07, 6.45) is 47.1. The lowest BCUT2D eigenvalue weighted by Gasteiger charge is -2.48. The van der Waals surface area contributed by atoms with Crippen LogP contribution in [0.1, 0.15) is 187 Å². The van der Waals surface area contributed by atoms with Crippen molar-refractivity contribution in [3.05, 3.63) is 134 Å². The van der Waals surface area contributed by atoms with Gasteiger partial charge in [0.1, 0.15) is 73.2 Å². The molecule has 3 saturated heterocycles. The highest BCUT2D eigenvalue weighted by Crippen LogP contribution is 2.33. The summed E-state index contributed by atoms with van der Waals surface area (Å²) < 4.78 is 34.3. The molecule has 3 heterocycles. The molecule has 17 atom stereocenters. The zero-order valence-corrected chi connectivity index (χ0v) is 55.2. The van der Waals surface area contributed by atoms with Crippen LogP contribution in [0.2, 0.25) is 0 Å². The number of aliphatic hydroxyl groups excluding tert-OH is 11. The van der Waals surface area contributed by atoms with Gasteiger partial charge in [-0.05, 0) is 96.3 Å². The minimum absolute atomic E-state index is 0.179. The first kappa shape index (κ1) is 82.2. The molecule has 0 spiro atoms. The van der Waals surface area contributed by atoms with Crippen LogP contribution in [0.25, 0.3) is 0 Å². The van der Waals surface area contributed by atoms with Crippen LogP contribution in [0.3, 0.4) is 0 Å². The maximum absolute atomic E-state index is 13.4. The van der Waals surface area contributed by atoms with E-state index in [1.54, 1.807) is 6.08 Å². The lowest BCUT2D eigenvalue weighted by Crippen LogP contribution is -2.66. The van der Waals surface area contributed by atoms with E-state index in [9.17, 15) is 61.0 Å². The third-order valence-corrected chi connectivity index (χ3v) is 16.2. The summed E-state index contributed by atoms with van der Waals surface area (Å²) >= 11 is 0. The van der Waals surface area contributed by atoms with E-state index in [-0.39, 0.29) is 18.9 Å². The molecule has 1 amide bonds. The molecule has 3 aliphatic heterocycles. The molecule has 0 radical (unpaired) electrons. The molecule has 17 unspecified atom stereocenters. The van der Waals surface area contributed by atoms with Gasteiger partial charge >= 0.3 is 0 Å². The van der Waals surface area contributed by atoms with Crippen LogP contribution in [0, 0.1) is 0 Å². The number of hydrogen-bond donors (Lipinski definition) is 12. The summed E-state index contributed by atoms with van der Waals surface area (Å²) in [5.74, 6) is -0.325. The second-order valence-electron chi connectivity index (χ2n) is 23.9. The molecule has 3 fully saturated rings. The molecular formula is C73H119NO18. The first-order chi connectivity index (χ1) is 44.8. The number of amides is 1. The fraction of sp³-hybridized carbons (Fsp3) is 0.685. The Morgan fingerprint density at radius 3 is 1.17 bits per heavy atom. The summed E-state index contributed by atoms with van der Waals surface area (Å²) in [4.78, 5) is 13.4. The molecule has 0 aliphatic carbocycles. The van der Waals surface area contributed by atoms with Gasteiger partial charge in [-0.1, -0.05) is 218 Å². The SMILES string of the molecule is CC/C=C\C/C=C\C/C=C\C/C=C\C/C=C\C/C=C\C/C=C\C/C=C\C/C=C\C/C=C\CCCCC(=O)NC(COC1OC(CO)C(OC2OC(CO)C(OC3OC(CO)C(O)C(O)C3O)C(O)C2O)C(O)C1O)C(O)/C=C/CCCCCCCCCCCCCC. The van der Waals surface area contributed by atoms with Gasteiger partial charge in [0, 0.05) is 6.42 Å². The second-order valence-corrected chi connectivity index (χ2v) is 23.9. The Balaban J connectivity index is 1.43. The van der Waals surface area contributed by atoms with Gasteiger partial charge in [0.2, 0.25) is 5.91 Å². The molecule has 3 aliphatic rings. The van der Waals surface area contributed by atoms with Crippen LogP contribution in [-0.2, 0) is 33.2 Å². The molecule has 0 saturated carbocycles. The van der Waals surface area contributed by atoms with Crippen molar-refractivity contribution >= 4 is 5.91 Å². The fourth-order valence-corrected chi connectivity index (χ4v) is 10.6. The van der Waals surface area contributed by atoms with Gasteiger partial charge in [-0.3, -0.25) is 4.79 Å². The van der Waals surface area contributed by atoms with Crippen molar-refractivity contribution in [2.24, 2.45) is 0 Å². The minimum atomic E-state index is -1.99. The summed E-state index contributed by atoms with van der Waals surface area (Å²) in [5, 5.41) is 120. The molecule has 3 rings (SSSR count). The van der Waals surface area contributed by atoms with Crippen LogP contribution >= 0.6 is 0 Å². The van der Waals surface area contributed by atoms with E-state index in [1.807, 2.05) is 6.08 Å².